The van der Waals surface area contributed by atoms with Crippen molar-refractivity contribution in [2.75, 3.05) is 0 Å². The molecule has 0 saturated carbocycles. The van der Waals surface area contributed by atoms with E-state index in [0.29, 0.717) is 5.56 Å². The molecular weight excluding hydrogens is 272 g/mol. The lowest BCUT2D eigenvalue weighted by Crippen LogP contribution is -1.99. The molecule has 0 amide bonds. The molecule has 0 radical (unpaired) electrons. The first-order valence-electron chi connectivity index (χ1n) is 5.21. The van der Waals surface area contributed by atoms with Crippen LogP contribution in [0.5, 0.6) is 17.4 Å². The SMILES string of the molecule is Cc1ccc(C(=O)O)cc1Oc1nnc(Cl)cc1O. The number of carbonyl (C=O) groups is 1. The van der Waals surface area contributed by atoms with E-state index >= 15 is 0 Å². The Kier molecular flexibility index (Phi) is 3.52. The van der Waals surface area contributed by atoms with Crippen molar-refractivity contribution in [1.82, 2.24) is 10.2 Å². The molecule has 1 aromatic heterocycles. The van der Waals surface area contributed by atoms with Gasteiger partial charge in [0.1, 0.15) is 5.75 Å². The molecule has 0 saturated heterocycles. The predicted molar refractivity (Wildman–Crippen MR) is 66.9 cm³/mol. The molecule has 0 fully saturated rings. The van der Waals surface area contributed by atoms with Gasteiger partial charge in [0.2, 0.25) is 0 Å². The zero-order valence-corrected chi connectivity index (χ0v) is 10.5. The molecule has 98 valence electrons. The third-order valence-corrected chi connectivity index (χ3v) is 2.54. The number of hydrogen-bond donors (Lipinski definition) is 2. The summed E-state index contributed by atoms with van der Waals surface area (Å²) in [5, 5.41) is 25.7. The Morgan fingerprint density at radius 2 is 2.05 bits per heavy atom. The highest BCUT2D eigenvalue weighted by Crippen LogP contribution is 2.31. The van der Waals surface area contributed by atoms with Crippen LogP contribution in [0.25, 0.3) is 0 Å². The van der Waals surface area contributed by atoms with Gasteiger partial charge < -0.3 is 14.9 Å². The number of aromatic nitrogens is 2. The maximum Gasteiger partial charge on any atom is 0.335 e. The Morgan fingerprint density at radius 1 is 1.32 bits per heavy atom. The van der Waals surface area contributed by atoms with Gasteiger partial charge in [-0.15, -0.1) is 10.2 Å². The Bertz CT molecular complexity index is 646. The van der Waals surface area contributed by atoms with Gasteiger partial charge in [0.15, 0.2) is 10.9 Å². The monoisotopic (exact) mass is 280 g/mol. The van der Waals surface area contributed by atoms with Crippen LogP contribution in [-0.4, -0.2) is 26.4 Å². The van der Waals surface area contributed by atoms with E-state index in [1.54, 1.807) is 13.0 Å². The number of carboxylic acid groups (broad SMARTS) is 1. The van der Waals surface area contributed by atoms with Crippen molar-refractivity contribution < 1.29 is 19.7 Å². The molecule has 0 unspecified atom stereocenters. The van der Waals surface area contributed by atoms with E-state index in [4.69, 9.17) is 21.4 Å². The van der Waals surface area contributed by atoms with Crippen LogP contribution in [0, 0.1) is 6.92 Å². The maximum atomic E-state index is 10.9. The van der Waals surface area contributed by atoms with E-state index in [9.17, 15) is 9.90 Å². The Labute approximate surface area is 113 Å². The van der Waals surface area contributed by atoms with Gasteiger partial charge in [0.25, 0.3) is 5.88 Å². The molecule has 0 atom stereocenters. The Balaban J connectivity index is 2.37. The van der Waals surface area contributed by atoms with E-state index in [1.165, 1.54) is 18.2 Å². The summed E-state index contributed by atoms with van der Waals surface area (Å²) in [5.41, 5.74) is 0.767. The highest BCUT2D eigenvalue weighted by atomic mass is 35.5. The summed E-state index contributed by atoms with van der Waals surface area (Å²) >= 11 is 5.55. The third-order valence-electron chi connectivity index (χ3n) is 2.35. The fourth-order valence-corrected chi connectivity index (χ4v) is 1.51. The first kappa shape index (κ1) is 13.1. The molecule has 0 aliphatic rings. The lowest BCUT2D eigenvalue weighted by Gasteiger charge is -2.09. The van der Waals surface area contributed by atoms with Crippen molar-refractivity contribution >= 4 is 17.6 Å². The van der Waals surface area contributed by atoms with Crippen LogP contribution < -0.4 is 4.74 Å². The zero-order valence-electron chi connectivity index (χ0n) is 9.79. The van der Waals surface area contributed by atoms with Gasteiger partial charge in [-0.2, -0.15) is 0 Å². The van der Waals surface area contributed by atoms with Crippen LogP contribution in [0.2, 0.25) is 5.15 Å². The first-order chi connectivity index (χ1) is 8.97. The molecular formula is C12H9ClN2O4. The second-order valence-electron chi connectivity index (χ2n) is 3.74. The van der Waals surface area contributed by atoms with Gasteiger partial charge in [-0.3, -0.25) is 0 Å². The molecule has 1 heterocycles. The van der Waals surface area contributed by atoms with E-state index < -0.39 is 5.97 Å². The molecule has 0 spiro atoms. The normalized spacial score (nSPS) is 10.2. The average Bonchev–Trinajstić information content (AvgIpc) is 2.34. The minimum atomic E-state index is -1.07. The molecule has 0 bridgehead atoms. The molecule has 2 N–H and O–H groups in total. The summed E-state index contributed by atoms with van der Waals surface area (Å²) in [5.74, 6) is -1.22. The summed E-state index contributed by atoms with van der Waals surface area (Å²) in [6, 6.07) is 5.57. The molecule has 19 heavy (non-hydrogen) atoms. The van der Waals surface area contributed by atoms with Gasteiger partial charge in [0.05, 0.1) is 5.56 Å². The molecule has 6 nitrogen and oxygen atoms in total. The standard InChI is InChI=1S/C12H9ClN2O4/c1-6-2-3-7(12(17)18)4-9(6)19-11-8(16)5-10(13)14-15-11/h2-5H,1H3,(H,14,16)(H,17,18). The molecule has 2 aromatic rings. The number of nitrogens with zero attached hydrogens (tertiary/aromatic N) is 2. The number of halogens is 1. The number of ether oxygens (including phenoxy) is 1. The molecule has 2 rings (SSSR count). The summed E-state index contributed by atoms with van der Waals surface area (Å²) in [6.07, 6.45) is 0. The maximum absolute atomic E-state index is 10.9. The highest BCUT2D eigenvalue weighted by molar-refractivity contribution is 6.29. The van der Waals surface area contributed by atoms with Gasteiger partial charge in [-0.1, -0.05) is 17.7 Å². The number of aryl methyl sites for hydroxylation is 1. The van der Waals surface area contributed by atoms with Crippen LogP contribution in [0.3, 0.4) is 0 Å². The number of aromatic carboxylic acids is 1. The van der Waals surface area contributed by atoms with Crippen molar-refractivity contribution in [2.45, 2.75) is 6.92 Å². The predicted octanol–water partition coefficient (Wildman–Crippen LogP) is 2.63. The summed E-state index contributed by atoms with van der Waals surface area (Å²) in [4.78, 5) is 10.9. The van der Waals surface area contributed by atoms with Gasteiger partial charge in [-0.05, 0) is 24.6 Å². The van der Waals surface area contributed by atoms with Gasteiger partial charge in [0, 0.05) is 6.07 Å². The lowest BCUT2D eigenvalue weighted by atomic mass is 10.1. The number of benzene rings is 1. The summed E-state index contributed by atoms with van der Waals surface area (Å²) in [6.45, 7) is 1.74. The summed E-state index contributed by atoms with van der Waals surface area (Å²) in [7, 11) is 0. The molecule has 1 aromatic carbocycles. The number of hydrogen-bond acceptors (Lipinski definition) is 5. The lowest BCUT2D eigenvalue weighted by molar-refractivity contribution is 0.0696. The van der Waals surface area contributed by atoms with E-state index in [-0.39, 0.29) is 28.1 Å². The van der Waals surface area contributed by atoms with E-state index in [1.807, 2.05) is 0 Å². The Hall–Kier alpha value is -2.34. The topological polar surface area (TPSA) is 92.5 Å². The van der Waals surface area contributed by atoms with Gasteiger partial charge in [-0.25, -0.2) is 4.79 Å². The quantitative estimate of drug-likeness (QED) is 0.898. The second kappa shape index (κ2) is 5.11. The minimum Gasteiger partial charge on any atom is -0.503 e. The molecule has 7 heteroatoms. The number of aromatic hydroxyl groups is 1. The van der Waals surface area contributed by atoms with Crippen LogP contribution in [0.4, 0.5) is 0 Å². The fraction of sp³-hybridized carbons (Fsp3) is 0.0833. The highest BCUT2D eigenvalue weighted by Gasteiger charge is 2.12. The second-order valence-corrected chi connectivity index (χ2v) is 4.13. The largest absolute Gasteiger partial charge is 0.503 e. The van der Waals surface area contributed by atoms with Crippen LogP contribution >= 0.6 is 11.6 Å². The fourth-order valence-electron chi connectivity index (χ4n) is 1.37. The van der Waals surface area contributed by atoms with E-state index in [2.05, 4.69) is 10.2 Å². The Morgan fingerprint density at radius 3 is 2.68 bits per heavy atom. The van der Waals surface area contributed by atoms with Crippen LogP contribution in [0.1, 0.15) is 15.9 Å². The molecule has 0 aliphatic carbocycles. The minimum absolute atomic E-state index is 0.0286. The van der Waals surface area contributed by atoms with Crippen molar-refractivity contribution in [3.8, 4) is 17.4 Å². The van der Waals surface area contributed by atoms with Crippen LogP contribution in [0.15, 0.2) is 24.3 Å². The van der Waals surface area contributed by atoms with Gasteiger partial charge >= 0.3 is 5.97 Å². The summed E-state index contributed by atoms with van der Waals surface area (Å²) < 4.78 is 5.34. The van der Waals surface area contributed by atoms with Crippen molar-refractivity contribution in [1.29, 1.82) is 0 Å². The zero-order chi connectivity index (χ0) is 14.0. The first-order valence-corrected chi connectivity index (χ1v) is 5.59. The smallest absolute Gasteiger partial charge is 0.335 e. The molecule has 0 aliphatic heterocycles. The number of rotatable bonds is 3. The van der Waals surface area contributed by atoms with Crippen molar-refractivity contribution in [2.24, 2.45) is 0 Å². The van der Waals surface area contributed by atoms with Crippen LogP contribution in [-0.2, 0) is 0 Å². The van der Waals surface area contributed by atoms with Crippen molar-refractivity contribution in [3.05, 3.63) is 40.5 Å². The average molecular weight is 281 g/mol. The van der Waals surface area contributed by atoms with E-state index in [0.717, 1.165) is 0 Å². The van der Waals surface area contributed by atoms with Crippen molar-refractivity contribution in [3.63, 3.8) is 0 Å². The third kappa shape index (κ3) is 2.92. The number of carboxylic acids is 1.